The Hall–Kier alpha value is -2.14. The van der Waals surface area contributed by atoms with Gasteiger partial charge in [0.25, 0.3) is 0 Å². The molecule has 2 aromatic rings. The summed E-state index contributed by atoms with van der Waals surface area (Å²) in [4.78, 5) is 23.8. The van der Waals surface area contributed by atoms with E-state index < -0.39 is 11.0 Å². The monoisotopic (exact) mass is 317 g/mol. The molecule has 124 valence electrons. The van der Waals surface area contributed by atoms with Crippen LogP contribution in [0.15, 0.2) is 39.5 Å². The summed E-state index contributed by atoms with van der Waals surface area (Å²) in [5, 5.41) is 0.765. The molecule has 0 aliphatic rings. The Morgan fingerprint density at radius 3 is 2.43 bits per heavy atom. The third-order valence-corrected chi connectivity index (χ3v) is 3.67. The van der Waals surface area contributed by atoms with E-state index in [4.69, 9.17) is 14.9 Å². The Kier molecular flexibility index (Phi) is 4.61. The molecular formula is C18H23NO4. The first-order chi connectivity index (χ1) is 10.6. The molecule has 0 amide bonds. The van der Waals surface area contributed by atoms with Crippen LogP contribution in [0.2, 0.25) is 0 Å². The lowest BCUT2D eigenvalue weighted by molar-refractivity contribution is -0.146. The van der Waals surface area contributed by atoms with Crippen LogP contribution < -0.4 is 16.1 Å². The first-order valence-electron chi connectivity index (χ1n) is 7.59. The topological polar surface area (TPSA) is 82.5 Å². The number of hydrogen-bond donors (Lipinski definition) is 1. The van der Waals surface area contributed by atoms with Gasteiger partial charge in [-0.05, 0) is 37.0 Å². The summed E-state index contributed by atoms with van der Waals surface area (Å²) in [5.41, 5.74) is 4.93. The van der Waals surface area contributed by atoms with Crippen LogP contribution in [-0.4, -0.2) is 12.5 Å². The van der Waals surface area contributed by atoms with Gasteiger partial charge >= 0.3 is 11.6 Å². The summed E-state index contributed by atoms with van der Waals surface area (Å²) in [5.74, 6) is -0.0435. The molecule has 0 aliphatic heterocycles. The van der Waals surface area contributed by atoms with Crippen molar-refractivity contribution in [3.63, 3.8) is 0 Å². The molecule has 0 bridgehead atoms. The molecule has 0 saturated heterocycles. The summed E-state index contributed by atoms with van der Waals surface area (Å²) in [6, 6.07) is 7.97. The second-order valence-electron chi connectivity index (χ2n) is 7.35. The van der Waals surface area contributed by atoms with E-state index >= 15 is 0 Å². The van der Waals surface area contributed by atoms with E-state index in [1.54, 1.807) is 24.3 Å². The van der Waals surface area contributed by atoms with E-state index in [0.717, 1.165) is 5.39 Å². The second kappa shape index (κ2) is 6.16. The van der Waals surface area contributed by atoms with Crippen LogP contribution in [0.4, 0.5) is 0 Å². The fourth-order valence-electron chi connectivity index (χ4n) is 2.73. The third kappa shape index (κ3) is 4.20. The number of rotatable bonds is 4. The molecule has 5 heteroatoms. The van der Waals surface area contributed by atoms with Gasteiger partial charge in [0.15, 0.2) is 0 Å². The number of esters is 1. The van der Waals surface area contributed by atoms with Gasteiger partial charge in [-0.3, -0.25) is 4.79 Å². The molecule has 2 N–H and O–H groups in total. The Balaban J connectivity index is 2.26. The molecule has 0 fully saturated rings. The van der Waals surface area contributed by atoms with Crippen molar-refractivity contribution >= 4 is 16.9 Å². The molecule has 5 nitrogen and oxygen atoms in total. The van der Waals surface area contributed by atoms with Crippen LogP contribution in [-0.2, 0) is 4.79 Å². The minimum absolute atomic E-state index is 0.0523. The molecule has 0 spiro atoms. The smallest absolute Gasteiger partial charge is 0.336 e. The second-order valence-corrected chi connectivity index (χ2v) is 7.35. The maximum Gasteiger partial charge on any atom is 0.336 e. The zero-order valence-corrected chi connectivity index (χ0v) is 14.0. The maximum atomic E-state index is 12.6. The van der Waals surface area contributed by atoms with Gasteiger partial charge in [-0.1, -0.05) is 20.8 Å². The molecule has 1 heterocycles. The number of carbonyl (C=O) groups is 1. The number of hydrogen-bond acceptors (Lipinski definition) is 5. The van der Waals surface area contributed by atoms with Crippen molar-refractivity contribution < 1.29 is 13.9 Å². The predicted octanol–water partition coefficient (Wildman–Crippen LogP) is 3.10. The third-order valence-electron chi connectivity index (χ3n) is 3.67. The van der Waals surface area contributed by atoms with Gasteiger partial charge in [-0.15, -0.1) is 0 Å². The Morgan fingerprint density at radius 1 is 1.17 bits per heavy atom. The fraction of sp³-hybridized carbons (Fsp3) is 0.444. The highest BCUT2D eigenvalue weighted by Crippen LogP contribution is 2.34. The number of fused-ring (bicyclic) bond motifs is 1. The van der Waals surface area contributed by atoms with Crippen LogP contribution in [0.1, 0.15) is 34.1 Å². The lowest BCUT2D eigenvalue weighted by Crippen LogP contribution is -2.41. The number of carbonyl (C=O) groups excluding carboxylic acids is 1. The van der Waals surface area contributed by atoms with Gasteiger partial charge in [-0.25, -0.2) is 4.79 Å². The lowest BCUT2D eigenvalue weighted by Gasteiger charge is -2.32. The molecule has 23 heavy (non-hydrogen) atoms. The standard InChI is InChI=1S/C18H23NO4/c1-17(2,3)10-18(4,11-19)16(21)22-13-7-5-12-6-8-15(20)23-14(12)9-13/h5-9H,10-11,19H2,1-4H3. The average molecular weight is 317 g/mol. The molecule has 0 aliphatic carbocycles. The van der Waals surface area contributed by atoms with Gasteiger partial charge < -0.3 is 14.9 Å². The van der Waals surface area contributed by atoms with Gasteiger partial charge in [0.1, 0.15) is 11.3 Å². The molecule has 1 atom stereocenters. The van der Waals surface area contributed by atoms with Gasteiger partial charge in [0, 0.05) is 24.1 Å². The van der Waals surface area contributed by atoms with Crippen molar-refractivity contribution in [2.75, 3.05) is 6.54 Å². The zero-order chi connectivity index (χ0) is 17.3. The van der Waals surface area contributed by atoms with Gasteiger partial charge in [-0.2, -0.15) is 0 Å². The Labute approximate surface area is 135 Å². The molecule has 0 radical (unpaired) electrons. The van der Waals surface area contributed by atoms with Crippen molar-refractivity contribution in [1.82, 2.24) is 0 Å². The number of ether oxygens (including phenoxy) is 1. The van der Waals surface area contributed by atoms with E-state index in [1.807, 2.05) is 6.92 Å². The predicted molar refractivity (Wildman–Crippen MR) is 89.4 cm³/mol. The normalized spacial score (nSPS) is 14.5. The van der Waals surface area contributed by atoms with Crippen molar-refractivity contribution in [2.24, 2.45) is 16.6 Å². The summed E-state index contributed by atoms with van der Waals surface area (Å²) in [6.07, 6.45) is 0.609. The average Bonchev–Trinajstić information content (AvgIpc) is 2.44. The van der Waals surface area contributed by atoms with Crippen molar-refractivity contribution in [3.8, 4) is 5.75 Å². The summed E-state index contributed by atoms with van der Waals surface area (Å²) >= 11 is 0. The highest BCUT2D eigenvalue weighted by Gasteiger charge is 2.37. The van der Waals surface area contributed by atoms with Gasteiger partial charge in [0.05, 0.1) is 5.41 Å². The summed E-state index contributed by atoms with van der Waals surface area (Å²) in [6.45, 7) is 8.17. The van der Waals surface area contributed by atoms with Crippen molar-refractivity contribution in [1.29, 1.82) is 0 Å². The van der Waals surface area contributed by atoms with E-state index in [9.17, 15) is 9.59 Å². The minimum atomic E-state index is -0.773. The molecule has 2 rings (SSSR count). The minimum Gasteiger partial charge on any atom is -0.426 e. The van der Waals surface area contributed by atoms with Crippen LogP contribution in [0.5, 0.6) is 5.75 Å². The first kappa shape index (κ1) is 17.2. The largest absolute Gasteiger partial charge is 0.426 e. The number of benzene rings is 1. The van der Waals surface area contributed by atoms with E-state index in [2.05, 4.69) is 20.8 Å². The first-order valence-corrected chi connectivity index (χ1v) is 7.59. The molecule has 1 aromatic heterocycles. The van der Waals surface area contributed by atoms with Crippen LogP contribution in [0.3, 0.4) is 0 Å². The van der Waals surface area contributed by atoms with E-state index in [0.29, 0.717) is 17.8 Å². The van der Waals surface area contributed by atoms with E-state index in [1.165, 1.54) is 6.07 Å². The SMILES string of the molecule is CC(C)(C)CC(C)(CN)C(=O)Oc1ccc2ccc(=O)oc2c1. The van der Waals surface area contributed by atoms with Crippen LogP contribution >= 0.6 is 0 Å². The highest BCUT2D eigenvalue weighted by molar-refractivity contribution is 5.82. The lowest BCUT2D eigenvalue weighted by atomic mass is 9.75. The Bertz CT molecular complexity index is 772. The fourth-order valence-corrected chi connectivity index (χ4v) is 2.73. The molecule has 0 saturated carbocycles. The quantitative estimate of drug-likeness (QED) is 0.532. The van der Waals surface area contributed by atoms with Crippen LogP contribution in [0.25, 0.3) is 11.0 Å². The summed E-state index contributed by atoms with van der Waals surface area (Å²) < 4.78 is 10.6. The van der Waals surface area contributed by atoms with Crippen LogP contribution in [0, 0.1) is 10.8 Å². The molecular weight excluding hydrogens is 294 g/mol. The van der Waals surface area contributed by atoms with Crippen molar-refractivity contribution in [3.05, 3.63) is 40.8 Å². The molecule has 1 aromatic carbocycles. The van der Waals surface area contributed by atoms with E-state index in [-0.39, 0.29) is 17.9 Å². The maximum absolute atomic E-state index is 12.6. The molecule has 1 unspecified atom stereocenters. The Morgan fingerprint density at radius 2 is 1.83 bits per heavy atom. The zero-order valence-electron chi connectivity index (χ0n) is 14.0. The van der Waals surface area contributed by atoms with Crippen molar-refractivity contribution in [2.45, 2.75) is 34.1 Å². The summed E-state index contributed by atoms with van der Waals surface area (Å²) in [7, 11) is 0. The highest BCUT2D eigenvalue weighted by atomic mass is 16.5. The number of nitrogens with two attached hydrogens (primary N) is 1. The van der Waals surface area contributed by atoms with Gasteiger partial charge in [0.2, 0.25) is 0 Å².